The monoisotopic (exact) mass is 302 g/mol. The SMILES string of the molecule is COP(=O)(CC=S)Oc1cc(C)nc(C(C)(C)C)n1. The Labute approximate surface area is 119 Å². The first-order valence-electron chi connectivity index (χ1n) is 5.84. The zero-order valence-electron chi connectivity index (χ0n) is 11.8. The second kappa shape index (κ2) is 6.07. The van der Waals surface area contributed by atoms with Crippen LogP contribution in [-0.2, 0) is 14.5 Å². The second-order valence-electron chi connectivity index (χ2n) is 5.16. The van der Waals surface area contributed by atoms with Gasteiger partial charge in [0.2, 0.25) is 5.88 Å². The van der Waals surface area contributed by atoms with E-state index in [9.17, 15) is 4.57 Å². The Hall–Kier alpha value is -0.840. The smallest absolute Gasteiger partial charge is 0.384 e. The lowest BCUT2D eigenvalue weighted by molar-refractivity contribution is 0.321. The van der Waals surface area contributed by atoms with Crippen LogP contribution in [0.5, 0.6) is 5.88 Å². The summed E-state index contributed by atoms with van der Waals surface area (Å²) in [5, 5.41) is 1.34. The molecule has 0 amide bonds. The van der Waals surface area contributed by atoms with E-state index in [1.165, 1.54) is 12.5 Å². The highest BCUT2D eigenvalue weighted by Crippen LogP contribution is 2.46. The first-order valence-corrected chi connectivity index (χ1v) is 8.04. The van der Waals surface area contributed by atoms with Crippen LogP contribution in [0.15, 0.2) is 6.07 Å². The molecule has 0 fully saturated rings. The molecule has 1 aromatic rings. The van der Waals surface area contributed by atoms with Gasteiger partial charge in [0.25, 0.3) is 0 Å². The third-order valence-corrected chi connectivity index (χ3v) is 4.38. The Kier molecular flexibility index (Phi) is 5.18. The van der Waals surface area contributed by atoms with Crippen molar-refractivity contribution in [2.45, 2.75) is 33.1 Å². The van der Waals surface area contributed by atoms with Crippen molar-refractivity contribution in [1.29, 1.82) is 0 Å². The highest BCUT2D eigenvalue weighted by atomic mass is 32.1. The van der Waals surface area contributed by atoms with E-state index in [0.29, 0.717) is 5.82 Å². The van der Waals surface area contributed by atoms with Gasteiger partial charge in [-0.15, -0.1) is 0 Å². The fraction of sp³-hybridized carbons (Fsp3) is 0.583. The maximum Gasteiger partial charge on any atom is 0.384 e. The van der Waals surface area contributed by atoms with Gasteiger partial charge in [-0.05, 0) is 12.3 Å². The van der Waals surface area contributed by atoms with Crippen LogP contribution in [0.2, 0.25) is 0 Å². The molecule has 0 aliphatic carbocycles. The summed E-state index contributed by atoms with van der Waals surface area (Å²) in [4.78, 5) is 8.64. The van der Waals surface area contributed by atoms with Gasteiger partial charge in [0, 0.05) is 24.3 Å². The van der Waals surface area contributed by atoms with Crippen molar-refractivity contribution < 1.29 is 13.6 Å². The molecule has 1 aromatic heterocycles. The molecule has 19 heavy (non-hydrogen) atoms. The molecule has 0 bridgehead atoms. The standard InChI is InChI=1S/C12H19N2O3PS/c1-9-8-10(14-11(13-9)12(2,3)4)17-18(15,16-5)6-7-19/h7-8H,6H2,1-5H3. The van der Waals surface area contributed by atoms with Crippen LogP contribution in [0.4, 0.5) is 0 Å². The summed E-state index contributed by atoms with van der Waals surface area (Å²) < 4.78 is 22.5. The van der Waals surface area contributed by atoms with E-state index >= 15 is 0 Å². The normalized spacial score (nSPS) is 14.8. The minimum atomic E-state index is -3.26. The summed E-state index contributed by atoms with van der Waals surface area (Å²) in [6.07, 6.45) is 0.0622. The van der Waals surface area contributed by atoms with Crippen LogP contribution in [0.3, 0.4) is 0 Å². The van der Waals surface area contributed by atoms with Crippen LogP contribution in [0.1, 0.15) is 32.3 Å². The first-order chi connectivity index (χ1) is 8.70. The Morgan fingerprint density at radius 3 is 2.53 bits per heavy atom. The highest BCUT2D eigenvalue weighted by Gasteiger charge is 2.25. The number of hydrogen-bond donors (Lipinski definition) is 0. The van der Waals surface area contributed by atoms with Crippen molar-refractivity contribution in [3.05, 3.63) is 17.6 Å². The van der Waals surface area contributed by atoms with Crippen LogP contribution >= 0.6 is 19.8 Å². The average molecular weight is 302 g/mol. The lowest BCUT2D eigenvalue weighted by Crippen LogP contribution is -2.17. The molecule has 5 nitrogen and oxygen atoms in total. The van der Waals surface area contributed by atoms with Crippen LogP contribution in [0.25, 0.3) is 0 Å². The Morgan fingerprint density at radius 2 is 2.05 bits per heavy atom. The molecular weight excluding hydrogens is 283 g/mol. The number of thiocarbonyl (C=S) groups is 1. The molecule has 7 heteroatoms. The molecule has 0 saturated heterocycles. The third-order valence-electron chi connectivity index (χ3n) is 2.31. The molecule has 0 radical (unpaired) electrons. The molecule has 1 unspecified atom stereocenters. The quantitative estimate of drug-likeness (QED) is 0.614. The zero-order chi connectivity index (χ0) is 14.7. The molecule has 1 heterocycles. The molecule has 0 N–H and O–H groups in total. The molecule has 0 spiro atoms. The summed E-state index contributed by atoms with van der Waals surface area (Å²) in [6, 6.07) is 1.63. The average Bonchev–Trinajstić information content (AvgIpc) is 2.27. The van der Waals surface area contributed by atoms with Gasteiger partial charge >= 0.3 is 7.60 Å². The molecule has 0 aliphatic heterocycles. The lowest BCUT2D eigenvalue weighted by Gasteiger charge is -2.19. The van der Waals surface area contributed by atoms with Gasteiger partial charge in [-0.25, -0.2) is 9.55 Å². The molecule has 1 atom stereocenters. The summed E-state index contributed by atoms with van der Waals surface area (Å²) in [5.74, 6) is 0.881. The van der Waals surface area contributed by atoms with E-state index in [4.69, 9.17) is 21.3 Å². The highest BCUT2D eigenvalue weighted by molar-refractivity contribution is 7.80. The van der Waals surface area contributed by atoms with Gasteiger partial charge in [0.15, 0.2) is 0 Å². The number of rotatable bonds is 5. The molecular formula is C12H19N2O3PS. The number of hydrogen-bond acceptors (Lipinski definition) is 6. The number of aryl methyl sites for hydroxylation is 1. The Balaban J connectivity index is 3.11. The maximum atomic E-state index is 12.2. The van der Waals surface area contributed by atoms with E-state index in [1.807, 2.05) is 27.7 Å². The van der Waals surface area contributed by atoms with Crippen molar-refractivity contribution in [3.63, 3.8) is 0 Å². The predicted molar refractivity (Wildman–Crippen MR) is 79.2 cm³/mol. The van der Waals surface area contributed by atoms with Crippen LogP contribution in [-0.4, -0.2) is 28.6 Å². The maximum absolute atomic E-state index is 12.2. The Bertz CT molecular complexity index is 514. The largest absolute Gasteiger partial charge is 0.406 e. The van der Waals surface area contributed by atoms with Crippen LogP contribution in [0, 0.1) is 6.92 Å². The molecule has 106 valence electrons. The van der Waals surface area contributed by atoms with E-state index in [0.717, 1.165) is 5.69 Å². The summed E-state index contributed by atoms with van der Waals surface area (Å²) in [7, 11) is -1.93. The van der Waals surface area contributed by atoms with Gasteiger partial charge in [-0.3, -0.25) is 0 Å². The second-order valence-corrected chi connectivity index (χ2v) is 7.62. The zero-order valence-corrected chi connectivity index (χ0v) is 13.5. The van der Waals surface area contributed by atoms with Gasteiger partial charge in [0.1, 0.15) is 5.82 Å². The minimum Gasteiger partial charge on any atom is -0.406 e. The van der Waals surface area contributed by atoms with Crippen molar-refractivity contribution in [2.24, 2.45) is 0 Å². The van der Waals surface area contributed by atoms with Crippen molar-refractivity contribution in [2.75, 3.05) is 13.3 Å². The van der Waals surface area contributed by atoms with Gasteiger partial charge in [0.05, 0.1) is 6.16 Å². The fourth-order valence-electron chi connectivity index (χ4n) is 1.30. The minimum absolute atomic E-state index is 0.0622. The van der Waals surface area contributed by atoms with E-state index < -0.39 is 7.60 Å². The number of nitrogens with zero attached hydrogens (tertiary/aromatic N) is 2. The third kappa shape index (κ3) is 4.64. The van der Waals surface area contributed by atoms with E-state index in [1.54, 1.807) is 6.07 Å². The van der Waals surface area contributed by atoms with Gasteiger partial charge in [-0.2, -0.15) is 4.98 Å². The lowest BCUT2D eigenvalue weighted by atomic mass is 9.96. The van der Waals surface area contributed by atoms with E-state index in [-0.39, 0.29) is 17.5 Å². The Morgan fingerprint density at radius 1 is 1.42 bits per heavy atom. The molecule has 0 aromatic carbocycles. The van der Waals surface area contributed by atoms with Crippen molar-refractivity contribution in [1.82, 2.24) is 9.97 Å². The van der Waals surface area contributed by atoms with E-state index in [2.05, 4.69) is 9.97 Å². The van der Waals surface area contributed by atoms with Gasteiger partial charge < -0.3 is 9.05 Å². The summed E-state index contributed by atoms with van der Waals surface area (Å²) in [6.45, 7) is 7.83. The molecule has 0 aliphatic rings. The topological polar surface area (TPSA) is 61.3 Å². The van der Waals surface area contributed by atoms with Crippen molar-refractivity contribution in [3.8, 4) is 5.88 Å². The molecule has 1 rings (SSSR count). The van der Waals surface area contributed by atoms with Gasteiger partial charge in [-0.1, -0.05) is 33.0 Å². The fourth-order valence-corrected chi connectivity index (χ4v) is 2.71. The summed E-state index contributed by atoms with van der Waals surface area (Å²) in [5.41, 5.74) is 0.533. The van der Waals surface area contributed by atoms with Crippen molar-refractivity contribution >= 4 is 25.2 Å². The predicted octanol–water partition coefficient (Wildman–Crippen LogP) is 3.30. The first kappa shape index (κ1) is 16.2. The summed E-state index contributed by atoms with van der Waals surface area (Å²) >= 11 is 4.70. The molecule has 0 saturated carbocycles. The number of aromatic nitrogens is 2. The van der Waals surface area contributed by atoms with Crippen LogP contribution < -0.4 is 4.52 Å².